The lowest BCUT2D eigenvalue weighted by Gasteiger charge is -2.18. The van der Waals surface area contributed by atoms with Gasteiger partial charge in [0.25, 0.3) is 0 Å². The Morgan fingerprint density at radius 1 is 0.259 bits per heavy atom. The van der Waals surface area contributed by atoms with Crippen LogP contribution in [0.4, 0.5) is 0 Å². The van der Waals surface area contributed by atoms with Crippen molar-refractivity contribution in [2.75, 3.05) is 13.2 Å². The smallest absolute Gasteiger partial charge is 0.306 e. The van der Waals surface area contributed by atoms with Gasteiger partial charge in [-0.25, -0.2) is 0 Å². The first-order valence-electron chi connectivity index (χ1n) is 35.4. The Hall–Kier alpha value is -3.15. The van der Waals surface area contributed by atoms with Crippen LogP contribution in [0.2, 0.25) is 0 Å². The molecule has 0 saturated heterocycles. The van der Waals surface area contributed by atoms with Crippen LogP contribution in [0.5, 0.6) is 0 Å². The fraction of sp³-hybridized carbons (Fsp3) is 0.800. The molecular formula is C75H134O6. The number of unbranched alkanes of at least 4 members (excludes halogenated alkanes) is 42. The fourth-order valence-electron chi connectivity index (χ4n) is 10.5. The Bertz CT molecular complexity index is 1490. The lowest BCUT2D eigenvalue weighted by atomic mass is 10.0. The van der Waals surface area contributed by atoms with Gasteiger partial charge in [-0.15, -0.1) is 0 Å². The first-order chi connectivity index (χ1) is 40.0. The van der Waals surface area contributed by atoms with Crippen LogP contribution in [0.15, 0.2) is 72.9 Å². The molecule has 0 spiro atoms. The van der Waals surface area contributed by atoms with Gasteiger partial charge >= 0.3 is 17.9 Å². The second kappa shape index (κ2) is 69.3. The predicted octanol–water partition coefficient (Wildman–Crippen LogP) is 24.4. The van der Waals surface area contributed by atoms with E-state index in [4.69, 9.17) is 14.2 Å². The van der Waals surface area contributed by atoms with E-state index in [1.54, 1.807) is 0 Å². The van der Waals surface area contributed by atoms with Crippen molar-refractivity contribution in [2.24, 2.45) is 0 Å². The zero-order valence-corrected chi connectivity index (χ0v) is 54.1. The highest BCUT2D eigenvalue weighted by molar-refractivity contribution is 5.71. The van der Waals surface area contributed by atoms with Crippen LogP contribution in [0, 0.1) is 0 Å². The minimum atomic E-state index is -0.792. The summed E-state index contributed by atoms with van der Waals surface area (Å²) < 4.78 is 16.9. The standard InChI is InChI=1S/C75H134O6/c1-4-7-10-13-16-19-22-25-28-29-30-31-32-33-34-35-36-37-38-39-40-41-42-43-44-45-48-50-53-56-59-62-65-68-74(77)80-71-72(81-75(78)69-66-63-60-57-54-51-47-27-24-21-18-15-12-9-6-3)70-79-73(76)67-64-61-58-55-52-49-46-26-23-20-17-14-11-8-5-2/h8-9,11-12,17-18,20-21,26-27,46-47,72H,4-7,10,13-16,19,22-25,28-45,48-71H2,1-3H3/b11-8-,12-9-,20-17-,21-18-,46-26-,47-27-. The maximum absolute atomic E-state index is 12.9. The molecule has 0 saturated carbocycles. The largest absolute Gasteiger partial charge is 0.462 e. The minimum Gasteiger partial charge on any atom is -0.462 e. The highest BCUT2D eigenvalue weighted by Crippen LogP contribution is 2.18. The molecule has 1 atom stereocenters. The summed E-state index contributed by atoms with van der Waals surface area (Å²) >= 11 is 0. The van der Waals surface area contributed by atoms with Crippen LogP contribution in [0.3, 0.4) is 0 Å². The van der Waals surface area contributed by atoms with E-state index in [1.807, 2.05) is 0 Å². The van der Waals surface area contributed by atoms with Gasteiger partial charge in [-0.05, 0) is 83.5 Å². The molecule has 0 aliphatic heterocycles. The van der Waals surface area contributed by atoms with Crippen molar-refractivity contribution in [3.8, 4) is 0 Å². The molecule has 0 aliphatic rings. The summed E-state index contributed by atoms with van der Waals surface area (Å²) in [4.78, 5) is 38.3. The van der Waals surface area contributed by atoms with Crippen LogP contribution < -0.4 is 0 Å². The van der Waals surface area contributed by atoms with Gasteiger partial charge in [-0.2, -0.15) is 0 Å². The second-order valence-corrected chi connectivity index (χ2v) is 23.7. The number of carbonyl (C=O) groups is 3. The summed E-state index contributed by atoms with van der Waals surface area (Å²) in [6.07, 6.45) is 91.0. The third-order valence-electron chi connectivity index (χ3n) is 15.7. The summed E-state index contributed by atoms with van der Waals surface area (Å²) in [6, 6.07) is 0. The molecule has 0 amide bonds. The van der Waals surface area contributed by atoms with Crippen LogP contribution in [-0.2, 0) is 28.6 Å². The first-order valence-corrected chi connectivity index (χ1v) is 35.4. The Labute approximate surface area is 503 Å². The highest BCUT2D eigenvalue weighted by Gasteiger charge is 2.19. The maximum atomic E-state index is 12.9. The van der Waals surface area contributed by atoms with Crippen LogP contribution >= 0.6 is 0 Å². The zero-order valence-electron chi connectivity index (χ0n) is 54.1. The Balaban J connectivity index is 4.13. The van der Waals surface area contributed by atoms with Crippen molar-refractivity contribution in [1.29, 1.82) is 0 Å². The number of ether oxygens (including phenoxy) is 3. The Kier molecular flexibility index (Phi) is 66.6. The number of carbonyl (C=O) groups excluding carboxylic acids is 3. The van der Waals surface area contributed by atoms with Crippen molar-refractivity contribution in [2.45, 2.75) is 374 Å². The molecule has 470 valence electrons. The van der Waals surface area contributed by atoms with E-state index >= 15 is 0 Å². The average molecular weight is 1130 g/mol. The molecular weight excluding hydrogens is 997 g/mol. The van der Waals surface area contributed by atoms with Crippen LogP contribution in [-0.4, -0.2) is 37.2 Å². The molecule has 0 aromatic rings. The normalized spacial score (nSPS) is 12.5. The quantitative estimate of drug-likeness (QED) is 0.0261. The van der Waals surface area contributed by atoms with Gasteiger partial charge in [-0.3, -0.25) is 14.4 Å². The van der Waals surface area contributed by atoms with Gasteiger partial charge in [0.15, 0.2) is 6.10 Å². The highest BCUT2D eigenvalue weighted by atomic mass is 16.6. The molecule has 0 fully saturated rings. The number of esters is 3. The molecule has 0 radical (unpaired) electrons. The third kappa shape index (κ3) is 67.5. The topological polar surface area (TPSA) is 78.9 Å². The number of allylic oxidation sites excluding steroid dienone is 12. The summed E-state index contributed by atoms with van der Waals surface area (Å²) in [6.45, 7) is 6.44. The van der Waals surface area contributed by atoms with Crippen molar-refractivity contribution >= 4 is 17.9 Å². The molecule has 0 heterocycles. The maximum Gasteiger partial charge on any atom is 0.306 e. The van der Waals surface area contributed by atoms with E-state index in [9.17, 15) is 14.4 Å². The van der Waals surface area contributed by atoms with Crippen LogP contribution in [0.25, 0.3) is 0 Å². The molecule has 0 bridgehead atoms. The molecule has 6 heteroatoms. The molecule has 81 heavy (non-hydrogen) atoms. The van der Waals surface area contributed by atoms with E-state index < -0.39 is 6.10 Å². The van der Waals surface area contributed by atoms with E-state index in [1.165, 1.54) is 193 Å². The van der Waals surface area contributed by atoms with Gasteiger partial charge in [0.1, 0.15) is 13.2 Å². The van der Waals surface area contributed by atoms with Gasteiger partial charge in [-0.1, -0.05) is 338 Å². The molecule has 0 rings (SSSR count). The van der Waals surface area contributed by atoms with E-state index in [-0.39, 0.29) is 31.1 Å². The Morgan fingerprint density at radius 2 is 0.481 bits per heavy atom. The molecule has 0 N–H and O–H groups in total. The summed E-state index contributed by atoms with van der Waals surface area (Å²) in [7, 11) is 0. The van der Waals surface area contributed by atoms with Crippen molar-refractivity contribution < 1.29 is 28.6 Å². The van der Waals surface area contributed by atoms with Gasteiger partial charge < -0.3 is 14.2 Å². The molecule has 0 aromatic heterocycles. The van der Waals surface area contributed by atoms with Crippen LogP contribution in [0.1, 0.15) is 367 Å². The van der Waals surface area contributed by atoms with Gasteiger partial charge in [0, 0.05) is 19.3 Å². The number of hydrogen-bond acceptors (Lipinski definition) is 6. The second-order valence-electron chi connectivity index (χ2n) is 23.7. The predicted molar refractivity (Wildman–Crippen MR) is 353 cm³/mol. The van der Waals surface area contributed by atoms with E-state index in [0.717, 1.165) is 135 Å². The fourth-order valence-corrected chi connectivity index (χ4v) is 10.5. The zero-order chi connectivity index (χ0) is 58.5. The molecule has 0 aliphatic carbocycles. The summed E-state index contributed by atoms with van der Waals surface area (Å²) in [5.41, 5.74) is 0. The molecule has 1 unspecified atom stereocenters. The average Bonchev–Trinajstić information content (AvgIpc) is 3.47. The van der Waals surface area contributed by atoms with Gasteiger partial charge in [0.05, 0.1) is 0 Å². The summed E-state index contributed by atoms with van der Waals surface area (Å²) in [5.74, 6) is -0.904. The summed E-state index contributed by atoms with van der Waals surface area (Å²) in [5, 5.41) is 0. The van der Waals surface area contributed by atoms with E-state index in [2.05, 4.69) is 93.7 Å². The molecule has 0 aromatic carbocycles. The minimum absolute atomic E-state index is 0.0856. The van der Waals surface area contributed by atoms with Crippen molar-refractivity contribution in [1.82, 2.24) is 0 Å². The lowest BCUT2D eigenvalue weighted by Crippen LogP contribution is -2.30. The van der Waals surface area contributed by atoms with E-state index in [0.29, 0.717) is 19.3 Å². The number of rotatable bonds is 65. The third-order valence-corrected chi connectivity index (χ3v) is 15.7. The SMILES string of the molecule is CC/C=C\C/C=C\C/C=C\CCCCCCCC(=O)OCC(COC(=O)CCCCCCCCCCCCCCCCCCCCCCCCCCCCCCCCCCC)OC(=O)CCCCCCC/C=C\C/C=C\C/C=C\CC. The lowest BCUT2D eigenvalue weighted by molar-refractivity contribution is -0.167. The monoisotopic (exact) mass is 1130 g/mol. The Morgan fingerprint density at radius 3 is 0.753 bits per heavy atom. The number of hydrogen-bond donors (Lipinski definition) is 0. The van der Waals surface area contributed by atoms with Crippen molar-refractivity contribution in [3.63, 3.8) is 0 Å². The molecule has 6 nitrogen and oxygen atoms in total. The van der Waals surface area contributed by atoms with Crippen molar-refractivity contribution in [3.05, 3.63) is 72.9 Å². The van der Waals surface area contributed by atoms with Gasteiger partial charge in [0.2, 0.25) is 0 Å². The first kappa shape index (κ1) is 77.9.